The van der Waals surface area contributed by atoms with E-state index in [-0.39, 0.29) is 6.04 Å². The Labute approximate surface area is 174 Å². The zero-order chi connectivity index (χ0) is 19.6. The minimum atomic E-state index is 0.174. The molecule has 144 valence electrons. The Bertz CT molecular complexity index is 1070. The topological polar surface area (TPSA) is 46.8 Å². The first-order chi connectivity index (χ1) is 14.3. The van der Waals surface area contributed by atoms with Crippen molar-refractivity contribution in [2.45, 2.75) is 19.1 Å². The van der Waals surface area contributed by atoms with Gasteiger partial charge in [0.15, 0.2) is 5.82 Å². The maximum absolute atomic E-state index is 6.37. The fraction of sp³-hybridized carbons (Fsp3) is 0.174. The zero-order valence-electron chi connectivity index (χ0n) is 15.8. The molecule has 0 atom stereocenters. The molecule has 2 aromatic heterocycles. The summed E-state index contributed by atoms with van der Waals surface area (Å²) in [7, 11) is 0. The molecule has 0 saturated carbocycles. The van der Waals surface area contributed by atoms with Gasteiger partial charge < -0.3 is 4.57 Å². The summed E-state index contributed by atoms with van der Waals surface area (Å²) < 4.78 is 2.16. The number of fused-ring (bicyclic) bond motifs is 1. The van der Waals surface area contributed by atoms with E-state index in [2.05, 4.69) is 85.3 Å². The van der Waals surface area contributed by atoms with Crippen molar-refractivity contribution < 1.29 is 0 Å². The molecule has 0 unspecified atom stereocenters. The normalized spacial score (nSPS) is 14.1. The second kappa shape index (κ2) is 7.78. The Morgan fingerprint density at radius 3 is 2.17 bits per heavy atom. The molecule has 3 heterocycles. The van der Waals surface area contributed by atoms with E-state index >= 15 is 0 Å². The van der Waals surface area contributed by atoms with E-state index in [0.717, 1.165) is 36.8 Å². The number of aromatic nitrogens is 4. The van der Waals surface area contributed by atoms with Gasteiger partial charge in [-0.25, -0.2) is 0 Å². The Morgan fingerprint density at radius 1 is 0.828 bits per heavy atom. The van der Waals surface area contributed by atoms with E-state index in [0.29, 0.717) is 5.02 Å². The van der Waals surface area contributed by atoms with Crippen LogP contribution in [0.5, 0.6) is 0 Å². The van der Waals surface area contributed by atoms with Gasteiger partial charge in [0.2, 0.25) is 0 Å². The summed E-state index contributed by atoms with van der Waals surface area (Å²) in [6.45, 7) is 2.42. The largest absolute Gasteiger partial charge is 0.309 e. The molecular weight excluding hydrogens is 382 g/mol. The van der Waals surface area contributed by atoms with Crippen molar-refractivity contribution in [3.05, 3.63) is 101 Å². The highest BCUT2D eigenvalue weighted by Crippen LogP contribution is 2.33. The van der Waals surface area contributed by atoms with E-state index in [4.69, 9.17) is 11.6 Å². The lowest BCUT2D eigenvalue weighted by atomic mass is 9.96. The third-order valence-corrected chi connectivity index (χ3v) is 5.72. The van der Waals surface area contributed by atoms with E-state index in [9.17, 15) is 0 Å². The van der Waals surface area contributed by atoms with Gasteiger partial charge in [0.25, 0.3) is 0 Å². The number of halogens is 1. The van der Waals surface area contributed by atoms with E-state index in [1.807, 2.05) is 0 Å². The van der Waals surface area contributed by atoms with Crippen LogP contribution in [0, 0.1) is 0 Å². The van der Waals surface area contributed by atoms with E-state index in [1.54, 1.807) is 18.5 Å². The fourth-order valence-electron chi connectivity index (χ4n) is 4.02. The standard InChI is InChI=1S/C23H20ClN5/c24-20-11-12-25-15-19(20)23-27-26-21-16-28(13-14-29(21)23)22(17-7-3-1-4-8-17)18-9-5-2-6-10-18/h1-12,15,22H,13-14,16H2. The maximum atomic E-state index is 6.37. The van der Waals surface area contributed by atoms with Crippen LogP contribution in [-0.4, -0.2) is 31.2 Å². The van der Waals surface area contributed by atoms with Gasteiger partial charge in [-0.2, -0.15) is 0 Å². The first kappa shape index (κ1) is 18.0. The Hall–Kier alpha value is -3.02. The number of hydrogen-bond donors (Lipinski definition) is 0. The highest BCUT2D eigenvalue weighted by Gasteiger charge is 2.29. The van der Waals surface area contributed by atoms with Crippen LogP contribution in [0.2, 0.25) is 5.02 Å². The molecule has 0 radical (unpaired) electrons. The molecule has 6 heteroatoms. The molecule has 0 amide bonds. The molecule has 29 heavy (non-hydrogen) atoms. The summed E-state index contributed by atoms with van der Waals surface area (Å²) >= 11 is 6.37. The van der Waals surface area contributed by atoms with Crippen LogP contribution in [0.1, 0.15) is 23.0 Å². The average Bonchev–Trinajstić information content (AvgIpc) is 3.19. The van der Waals surface area contributed by atoms with E-state index in [1.165, 1.54) is 11.1 Å². The van der Waals surface area contributed by atoms with Crippen LogP contribution in [-0.2, 0) is 13.1 Å². The average molecular weight is 402 g/mol. The summed E-state index contributed by atoms with van der Waals surface area (Å²) in [5.74, 6) is 1.73. The second-order valence-corrected chi connectivity index (χ2v) is 7.55. The van der Waals surface area contributed by atoms with Gasteiger partial charge in [-0.05, 0) is 17.2 Å². The summed E-state index contributed by atoms with van der Waals surface area (Å²) in [6.07, 6.45) is 3.44. The number of rotatable bonds is 4. The lowest BCUT2D eigenvalue weighted by Gasteiger charge is -2.35. The van der Waals surface area contributed by atoms with Gasteiger partial charge >= 0.3 is 0 Å². The van der Waals surface area contributed by atoms with Crippen molar-refractivity contribution in [1.82, 2.24) is 24.6 Å². The molecule has 2 aromatic carbocycles. The molecule has 1 aliphatic heterocycles. The number of benzene rings is 2. The molecule has 4 aromatic rings. The van der Waals surface area contributed by atoms with Crippen LogP contribution < -0.4 is 0 Å². The Morgan fingerprint density at radius 2 is 1.52 bits per heavy atom. The van der Waals surface area contributed by atoms with Crippen molar-refractivity contribution in [2.75, 3.05) is 6.54 Å². The summed E-state index contributed by atoms with van der Waals surface area (Å²) in [5.41, 5.74) is 3.38. The monoisotopic (exact) mass is 401 g/mol. The molecular formula is C23H20ClN5. The van der Waals surface area contributed by atoms with Crippen LogP contribution in [0.4, 0.5) is 0 Å². The van der Waals surface area contributed by atoms with Crippen LogP contribution in [0.15, 0.2) is 79.1 Å². The molecule has 0 saturated heterocycles. The molecule has 0 bridgehead atoms. The van der Waals surface area contributed by atoms with E-state index < -0.39 is 0 Å². The molecule has 0 N–H and O–H groups in total. The smallest absolute Gasteiger partial charge is 0.167 e. The van der Waals surface area contributed by atoms with Crippen LogP contribution in [0.25, 0.3) is 11.4 Å². The van der Waals surface area contributed by atoms with Gasteiger partial charge in [0, 0.05) is 25.5 Å². The minimum absolute atomic E-state index is 0.174. The second-order valence-electron chi connectivity index (χ2n) is 7.14. The predicted molar refractivity (Wildman–Crippen MR) is 113 cm³/mol. The molecule has 0 spiro atoms. The zero-order valence-corrected chi connectivity index (χ0v) is 16.6. The van der Waals surface area contributed by atoms with Crippen molar-refractivity contribution in [3.63, 3.8) is 0 Å². The molecule has 5 nitrogen and oxygen atoms in total. The third-order valence-electron chi connectivity index (χ3n) is 5.39. The van der Waals surface area contributed by atoms with Crippen molar-refractivity contribution >= 4 is 11.6 Å². The number of pyridine rings is 1. The summed E-state index contributed by atoms with van der Waals surface area (Å²) in [6, 6.07) is 23.2. The van der Waals surface area contributed by atoms with Gasteiger partial charge in [0.05, 0.1) is 23.2 Å². The fourth-order valence-corrected chi connectivity index (χ4v) is 4.21. The molecule has 0 aliphatic carbocycles. The molecule has 1 aliphatic rings. The third kappa shape index (κ3) is 3.43. The predicted octanol–water partition coefficient (Wildman–Crippen LogP) is 4.60. The SMILES string of the molecule is Clc1ccncc1-c1nnc2n1CCN(C(c1ccccc1)c1ccccc1)C2. The molecule has 0 fully saturated rings. The van der Waals surface area contributed by atoms with Gasteiger partial charge in [-0.1, -0.05) is 72.3 Å². The maximum Gasteiger partial charge on any atom is 0.167 e. The van der Waals surface area contributed by atoms with Gasteiger partial charge in [-0.3, -0.25) is 9.88 Å². The number of nitrogens with zero attached hydrogens (tertiary/aromatic N) is 5. The summed E-state index contributed by atoms with van der Waals surface area (Å²) in [4.78, 5) is 6.66. The Balaban J connectivity index is 1.50. The first-order valence-corrected chi connectivity index (χ1v) is 10.0. The highest BCUT2D eigenvalue weighted by molar-refractivity contribution is 6.33. The van der Waals surface area contributed by atoms with Gasteiger partial charge in [-0.15, -0.1) is 10.2 Å². The first-order valence-electron chi connectivity index (χ1n) is 9.67. The lowest BCUT2D eigenvalue weighted by molar-refractivity contribution is 0.176. The van der Waals surface area contributed by atoms with Crippen molar-refractivity contribution in [1.29, 1.82) is 0 Å². The quantitative estimate of drug-likeness (QED) is 0.501. The number of hydrogen-bond acceptors (Lipinski definition) is 4. The minimum Gasteiger partial charge on any atom is -0.309 e. The highest BCUT2D eigenvalue weighted by atomic mass is 35.5. The Kier molecular flexibility index (Phi) is 4.84. The van der Waals surface area contributed by atoms with Crippen LogP contribution in [0.3, 0.4) is 0 Å². The van der Waals surface area contributed by atoms with Crippen molar-refractivity contribution in [2.24, 2.45) is 0 Å². The lowest BCUT2D eigenvalue weighted by Crippen LogP contribution is -2.37. The van der Waals surface area contributed by atoms with Crippen molar-refractivity contribution in [3.8, 4) is 11.4 Å². The summed E-state index contributed by atoms with van der Waals surface area (Å²) in [5, 5.41) is 9.55. The van der Waals surface area contributed by atoms with Gasteiger partial charge in [0.1, 0.15) is 5.82 Å². The van der Waals surface area contributed by atoms with Crippen LogP contribution >= 0.6 is 11.6 Å². The molecule has 5 rings (SSSR count).